The highest BCUT2D eigenvalue weighted by Gasteiger charge is 2.32. The molecule has 0 aliphatic heterocycles. The average molecular weight is 255 g/mol. The van der Waals surface area contributed by atoms with Gasteiger partial charge in [0.2, 0.25) is 5.78 Å². The number of benzene rings is 1. The molecule has 0 amide bonds. The van der Waals surface area contributed by atoms with Gasteiger partial charge in [-0.3, -0.25) is 9.59 Å². The molecule has 3 nitrogen and oxygen atoms in total. The molecule has 0 N–H and O–H groups in total. The Kier molecular flexibility index (Phi) is 3.94. The van der Waals surface area contributed by atoms with E-state index in [9.17, 15) is 9.59 Å². The van der Waals surface area contributed by atoms with Gasteiger partial charge in [-0.05, 0) is 38.5 Å². The maximum Gasteiger partial charge on any atom is 0.303 e. The molecular formula is C13H15ClO3. The number of rotatable bonds is 3. The van der Waals surface area contributed by atoms with Crippen LogP contribution in [0.1, 0.15) is 36.7 Å². The van der Waals surface area contributed by atoms with Gasteiger partial charge in [-0.25, -0.2) is 0 Å². The summed E-state index contributed by atoms with van der Waals surface area (Å²) >= 11 is 5.86. The van der Waals surface area contributed by atoms with Crippen LogP contribution in [0.3, 0.4) is 0 Å². The van der Waals surface area contributed by atoms with Crippen LogP contribution in [0.15, 0.2) is 18.2 Å². The number of aryl methyl sites for hydroxylation is 1. The first kappa shape index (κ1) is 13.7. The standard InChI is InChI=1S/C13H15ClO3/c1-8-5-6-10(14)7-11(8)12(16)13(3,4)17-9(2)15/h5-7H,1-4H3. The molecule has 0 aromatic heterocycles. The van der Waals surface area contributed by atoms with Crippen molar-refractivity contribution in [2.75, 3.05) is 0 Å². The molecule has 1 aromatic rings. The Bertz CT molecular complexity index is 464. The summed E-state index contributed by atoms with van der Waals surface area (Å²) < 4.78 is 5.02. The summed E-state index contributed by atoms with van der Waals surface area (Å²) in [6, 6.07) is 5.07. The lowest BCUT2D eigenvalue weighted by Crippen LogP contribution is -2.37. The molecule has 0 unspecified atom stereocenters. The number of carbonyl (C=O) groups is 2. The van der Waals surface area contributed by atoms with Crippen molar-refractivity contribution >= 4 is 23.4 Å². The van der Waals surface area contributed by atoms with Gasteiger partial charge in [0.05, 0.1) is 0 Å². The first-order valence-electron chi connectivity index (χ1n) is 5.24. The maximum absolute atomic E-state index is 12.2. The molecule has 0 heterocycles. The predicted octanol–water partition coefficient (Wildman–Crippen LogP) is 3.17. The molecule has 4 heteroatoms. The van der Waals surface area contributed by atoms with Crippen molar-refractivity contribution in [3.63, 3.8) is 0 Å². The number of halogens is 1. The summed E-state index contributed by atoms with van der Waals surface area (Å²) in [6.07, 6.45) is 0. The Morgan fingerprint density at radius 1 is 1.29 bits per heavy atom. The second kappa shape index (κ2) is 4.88. The van der Waals surface area contributed by atoms with Crippen LogP contribution in [0, 0.1) is 6.92 Å². The SMILES string of the molecule is CC(=O)OC(C)(C)C(=O)c1cc(Cl)ccc1C. The highest BCUT2D eigenvalue weighted by atomic mass is 35.5. The van der Waals surface area contributed by atoms with E-state index >= 15 is 0 Å². The van der Waals surface area contributed by atoms with E-state index in [-0.39, 0.29) is 5.78 Å². The number of carbonyl (C=O) groups excluding carboxylic acids is 2. The molecule has 1 aromatic carbocycles. The van der Waals surface area contributed by atoms with Gasteiger partial charge in [0.25, 0.3) is 0 Å². The number of esters is 1. The molecule has 0 aliphatic carbocycles. The summed E-state index contributed by atoms with van der Waals surface area (Å²) in [5.41, 5.74) is 0.102. The third-order valence-corrected chi connectivity index (χ3v) is 2.63. The fourth-order valence-corrected chi connectivity index (χ4v) is 1.74. The first-order chi connectivity index (χ1) is 7.74. The van der Waals surface area contributed by atoms with Gasteiger partial charge in [-0.15, -0.1) is 0 Å². The summed E-state index contributed by atoms with van der Waals surface area (Å²) in [5.74, 6) is -0.740. The third kappa shape index (κ3) is 3.30. The van der Waals surface area contributed by atoms with E-state index in [1.54, 1.807) is 32.0 Å². The topological polar surface area (TPSA) is 43.4 Å². The summed E-state index contributed by atoms with van der Waals surface area (Å²) in [5, 5.41) is 0.484. The van der Waals surface area contributed by atoms with E-state index in [2.05, 4.69) is 0 Å². The molecule has 0 radical (unpaired) electrons. The zero-order valence-corrected chi connectivity index (χ0v) is 11.1. The highest BCUT2D eigenvalue weighted by Crippen LogP contribution is 2.23. The number of ether oxygens (including phenoxy) is 1. The Morgan fingerprint density at radius 2 is 1.88 bits per heavy atom. The van der Waals surface area contributed by atoms with Crippen molar-refractivity contribution in [3.8, 4) is 0 Å². The Labute approximate surface area is 106 Å². The van der Waals surface area contributed by atoms with E-state index in [0.29, 0.717) is 10.6 Å². The monoisotopic (exact) mass is 254 g/mol. The second-order valence-corrected chi connectivity index (χ2v) is 4.83. The third-order valence-electron chi connectivity index (χ3n) is 2.39. The zero-order chi connectivity index (χ0) is 13.2. The average Bonchev–Trinajstić information content (AvgIpc) is 2.18. The molecule has 0 saturated heterocycles. The maximum atomic E-state index is 12.2. The first-order valence-corrected chi connectivity index (χ1v) is 5.62. The predicted molar refractivity (Wildman–Crippen MR) is 66.4 cm³/mol. The lowest BCUT2D eigenvalue weighted by molar-refractivity contribution is -0.149. The molecule has 0 aliphatic rings. The molecule has 92 valence electrons. The number of ketones is 1. The molecular weight excluding hydrogens is 240 g/mol. The van der Waals surface area contributed by atoms with Crippen LogP contribution in [0.5, 0.6) is 0 Å². The molecule has 0 spiro atoms. The quantitative estimate of drug-likeness (QED) is 0.615. The van der Waals surface area contributed by atoms with Gasteiger partial charge in [-0.1, -0.05) is 17.7 Å². The Morgan fingerprint density at radius 3 is 2.41 bits per heavy atom. The van der Waals surface area contributed by atoms with Crippen molar-refractivity contribution in [2.45, 2.75) is 33.3 Å². The van der Waals surface area contributed by atoms with Gasteiger partial charge in [0, 0.05) is 17.5 Å². The molecule has 0 saturated carbocycles. The highest BCUT2D eigenvalue weighted by molar-refractivity contribution is 6.31. The largest absolute Gasteiger partial charge is 0.451 e. The number of hydrogen-bond donors (Lipinski definition) is 0. The van der Waals surface area contributed by atoms with Crippen LogP contribution < -0.4 is 0 Å². The van der Waals surface area contributed by atoms with Crippen LogP contribution in [0.4, 0.5) is 0 Å². The van der Waals surface area contributed by atoms with Gasteiger partial charge in [0.15, 0.2) is 5.60 Å². The van der Waals surface area contributed by atoms with Gasteiger partial charge >= 0.3 is 5.97 Å². The zero-order valence-electron chi connectivity index (χ0n) is 10.3. The lowest BCUT2D eigenvalue weighted by Gasteiger charge is -2.23. The van der Waals surface area contributed by atoms with Crippen molar-refractivity contribution in [1.29, 1.82) is 0 Å². The van der Waals surface area contributed by atoms with Gasteiger partial charge in [-0.2, -0.15) is 0 Å². The Hall–Kier alpha value is -1.35. The lowest BCUT2D eigenvalue weighted by atomic mass is 9.93. The summed E-state index contributed by atoms with van der Waals surface area (Å²) in [4.78, 5) is 23.2. The minimum Gasteiger partial charge on any atom is -0.451 e. The van der Waals surface area contributed by atoms with Crippen LogP contribution >= 0.6 is 11.6 Å². The van der Waals surface area contributed by atoms with E-state index in [0.717, 1.165) is 5.56 Å². The normalized spacial score (nSPS) is 11.1. The minimum atomic E-state index is -1.18. The van der Waals surface area contributed by atoms with E-state index in [1.165, 1.54) is 6.92 Å². The summed E-state index contributed by atoms with van der Waals surface area (Å²) in [6.45, 7) is 6.22. The fourth-order valence-electron chi connectivity index (χ4n) is 1.57. The smallest absolute Gasteiger partial charge is 0.303 e. The van der Waals surface area contributed by atoms with Gasteiger partial charge < -0.3 is 4.74 Å². The molecule has 0 fully saturated rings. The number of hydrogen-bond acceptors (Lipinski definition) is 3. The summed E-state index contributed by atoms with van der Waals surface area (Å²) in [7, 11) is 0. The van der Waals surface area contributed by atoms with E-state index < -0.39 is 11.6 Å². The molecule has 0 atom stereocenters. The second-order valence-electron chi connectivity index (χ2n) is 4.39. The molecule has 1 rings (SSSR count). The van der Waals surface area contributed by atoms with E-state index in [4.69, 9.17) is 16.3 Å². The van der Waals surface area contributed by atoms with Crippen LogP contribution in [0.25, 0.3) is 0 Å². The van der Waals surface area contributed by atoms with Crippen LogP contribution in [0.2, 0.25) is 5.02 Å². The molecule has 0 bridgehead atoms. The Balaban J connectivity index is 3.11. The number of Topliss-reactive ketones (excluding diaryl/α,β-unsaturated/α-hetero) is 1. The van der Waals surface area contributed by atoms with Crippen molar-refractivity contribution < 1.29 is 14.3 Å². The van der Waals surface area contributed by atoms with E-state index in [1.807, 2.05) is 6.92 Å². The minimum absolute atomic E-state index is 0.257. The van der Waals surface area contributed by atoms with Crippen molar-refractivity contribution in [1.82, 2.24) is 0 Å². The molecule has 17 heavy (non-hydrogen) atoms. The van der Waals surface area contributed by atoms with Crippen LogP contribution in [-0.2, 0) is 9.53 Å². The van der Waals surface area contributed by atoms with Crippen molar-refractivity contribution in [3.05, 3.63) is 34.3 Å². The fraction of sp³-hybridized carbons (Fsp3) is 0.385. The van der Waals surface area contributed by atoms with Crippen LogP contribution in [-0.4, -0.2) is 17.4 Å². The van der Waals surface area contributed by atoms with Gasteiger partial charge in [0.1, 0.15) is 0 Å². The van der Waals surface area contributed by atoms with Crippen molar-refractivity contribution in [2.24, 2.45) is 0 Å².